The van der Waals surface area contributed by atoms with Crippen LogP contribution in [0.4, 0.5) is 0 Å². The van der Waals surface area contributed by atoms with E-state index in [1.165, 1.54) is 10.9 Å². The zero-order valence-corrected chi connectivity index (χ0v) is 11.0. The van der Waals surface area contributed by atoms with Crippen LogP contribution < -0.4 is 0 Å². The van der Waals surface area contributed by atoms with Crippen molar-refractivity contribution in [1.29, 1.82) is 0 Å². The van der Waals surface area contributed by atoms with Gasteiger partial charge in [-0.2, -0.15) is 11.8 Å². The third-order valence-electron chi connectivity index (χ3n) is 2.71. The molecule has 0 spiro atoms. The molecule has 0 bridgehead atoms. The van der Waals surface area contributed by atoms with Crippen molar-refractivity contribution in [3.63, 3.8) is 0 Å². The van der Waals surface area contributed by atoms with E-state index in [1.54, 1.807) is 11.8 Å². The van der Waals surface area contributed by atoms with E-state index in [0.29, 0.717) is 0 Å². The molecular weight excluding hydrogens is 230 g/mol. The van der Waals surface area contributed by atoms with Crippen molar-refractivity contribution in [3.05, 3.63) is 41.6 Å². The minimum Gasteiger partial charge on any atom is -0.395 e. The Morgan fingerprint density at radius 1 is 1.35 bits per heavy atom. The predicted octanol–water partition coefficient (Wildman–Crippen LogP) is 3.16. The Kier molecular flexibility index (Phi) is 4.02. The summed E-state index contributed by atoms with van der Waals surface area (Å²) in [6.07, 6.45) is 0. The fraction of sp³-hybridized carbons (Fsp3) is 0.357. The van der Waals surface area contributed by atoms with Crippen LogP contribution in [0.25, 0.3) is 10.9 Å². The number of benzene rings is 1. The number of aliphatic hydroxyl groups excluding tert-OH is 1. The fourth-order valence-corrected chi connectivity index (χ4v) is 2.61. The largest absolute Gasteiger partial charge is 0.395 e. The zero-order valence-electron chi connectivity index (χ0n) is 10.2. The standard InChI is InChI=1S/C14H17NOS/c1-10-7-12(9-17-11(2)8-16)13-5-3-4-6-14(13)15-10/h3-7,11,16H,8-9H2,1-2H3. The first-order chi connectivity index (χ1) is 8.20. The molecule has 0 aliphatic heterocycles. The number of aryl methyl sites for hydroxylation is 1. The Bertz CT molecular complexity index is 513. The number of fused-ring (bicyclic) bond motifs is 1. The van der Waals surface area contributed by atoms with Crippen molar-refractivity contribution in [2.45, 2.75) is 24.9 Å². The fourth-order valence-electron chi connectivity index (χ4n) is 1.80. The van der Waals surface area contributed by atoms with E-state index in [9.17, 15) is 0 Å². The van der Waals surface area contributed by atoms with Gasteiger partial charge in [-0.05, 0) is 24.6 Å². The number of nitrogens with zero attached hydrogens (tertiary/aromatic N) is 1. The van der Waals surface area contributed by atoms with Crippen LogP contribution in [0.3, 0.4) is 0 Å². The van der Waals surface area contributed by atoms with Crippen molar-refractivity contribution < 1.29 is 5.11 Å². The Morgan fingerprint density at radius 2 is 2.12 bits per heavy atom. The molecule has 0 radical (unpaired) electrons. The Morgan fingerprint density at radius 3 is 2.88 bits per heavy atom. The SMILES string of the molecule is Cc1cc(CSC(C)CO)c2ccccc2n1. The molecule has 2 rings (SSSR count). The highest BCUT2D eigenvalue weighted by atomic mass is 32.2. The van der Waals surface area contributed by atoms with Crippen molar-refractivity contribution >= 4 is 22.7 Å². The first-order valence-electron chi connectivity index (χ1n) is 5.78. The molecule has 17 heavy (non-hydrogen) atoms. The van der Waals surface area contributed by atoms with Crippen LogP contribution in [-0.2, 0) is 5.75 Å². The van der Waals surface area contributed by atoms with E-state index >= 15 is 0 Å². The molecule has 0 aliphatic carbocycles. The van der Waals surface area contributed by atoms with Gasteiger partial charge in [0, 0.05) is 22.1 Å². The van der Waals surface area contributed by atoms with Gasteiger partial charge in [-0.1, -0.05) is 25.1 Å². The lowest BCUT2D eigenvalue weighted by molar-refractivity contribution is 0.300. The second-order valence-corrected chi connectivity index (χ2v) is 5.67. The highest BCUT2D eigenvalue weighted by molar-refractivity contribution is 7.99. The van der Waals surface area contributed by atoms with Gasteiger partial charge in [-0.25, -0.2) is 0 Å². The monoisotopic (exact) mass is 247 g/mol. The summed E-state index contributed by atoms with van der Waals surface area (Å²) in [5.41, 5.74) is 3.41. The van der Waals surface area contributed by atoms with Crippen LogP contribution in [0.15, 0.2) is 30.3 Å². The molecule has 90 valence electrons. The van der Waals surface area contributed by atoms with Crippen LogP contribution in [-0.4, -0.2) is 21.9 Å². The van der Waals surface area contributed by atoms with Crippen LogP contribution in [0.2, 0.25) is 0 Å². The highest BCUT2D eigenvalue weighted by Crippen LogP contribution is 2.24. The lowest BCUT2D eigenvalue weighted by Crippen LogP contribution is -2.02. The van der Waals surface area contributed by atoms with Crippen LogP contribution in [0.1, 0.15) is 18.2 Å². The summed E-state index contributed by atoms with van der Waals surface area (Å²) < 4.78 is 0. The second kappa shape index (κ2) is 5.52. The van der Waals surface area contributed by atoms with E-state index in [4.69, 9.17) is 5.11 Å². The molecule has 2 nitrogen and oxygen atoms in total. The summed E-state index contributed by atoms with van der Waals surface area (Å²) >= 11 is 1.78. The first kappa shape index (κ1) is 12.4. The van der Waals surface area contributed by atoms with Gasteiger partial charge in [0.2, 0.25) is 0 Å². The maximum atomic E-state index is 9.05. The number of aromatic nitrogens is 1. The molecule has 0 amide bonds. The molecule has 1 heterocycles. The van der Waals surface area contributed by atoms with E-state index in [0.717, 1.165) is 17.0 Å². The lowest BCUT2D eigenvalue weighted by Gasteiger charge is -2.10. The van der Waals surface area contributed by atoms with Gasteiger partial charge >= 0.3 is 0 Å². The average Bonchev–Trinajstić information content (AvgIpc) is 2.35. The van der Waals surface area contributed by atoms with Gasteiger partial charge in [0.25, 0.3) is 0 Å². The molecule has 0 saturated heterocycles. The molecule has 2 aromatic rings. The summed E-state index contributed by atoms with van der Waals surface area (Å²) in [6.45, 7) is 4.30. The van der Waals surface area contributed by atoms with E-state index in [1.807, 2.05) is 32.0 Å². The van der Waals surface area contributed by atoms with Gasteiger partial charge in [0.05, 0.1) is 12.1 Å². The average molecular weight is 247 g/mol. The Balaban J connectivity index is 2.32. The summed E-state index contributed by atoms with van der Waals surface area (Å²) in [7, 11) is 0. The lowest BCUT2D eigenvalue weighted by atomic mass is 10.1. The Hall–Kier alpha value is -1.06. The molecule has 0 fully saturated rings. The van der Waals surface area contributed by atoms with E-state index < -0.39 is 0 Å². The van der Waals surface area contributed by atoms with Crippen LogP contribution >= 0.6 is 11.8 Å². The smallest absolute Gasteiger partial charge is 0.0708 e. The Labute approximate surface area is 106 Å². The van der Waals surface area contributed by atoms with Gasteiger partial charge in [0.1, 0.15) is 0 Å². The number of pyridine rings is 1. The van der Waals surface area contributed by atoms with Crippen molar-refractivity contribution in [2.24, 2.45) is 0 Å². The maximum absolute atomic E-state index is 9.05. The molecule has 1 atom stereocenters. The highest BCUT2D eigenvalue weighted by Gasteiger charge is 2.06. The van der Waals surface area contributed by atoms with Gasteiger partial charge in [-0.3, -0.25) is 4.98 Å². The molecule has 1 aromatic carbocycles. The number of para-hydroxylation sites is 1. The molecule has 1 unspecified atom stereocenters. The normalized spacial score (nSPS) is 12.9. The second-order valence-electron chi connectivity index (χ2n) is 4.24. The maximum Gasteiger partial charge on any atom is 0.0708 e. The minimum atomic E-state index is 0.229. The van der Waals surface area contributed by atoms with Crippen LogP contribution in [0, 0.1) is 6.92 Å². The minimum absolute atomic E-state index is 0.229. The molecular formula is C14H17NOS. The van der Waals surface area contributed by atoms with E-state index in [2.05, 4.69) is 17.1 Å². The summed E-state index contributed by atoms with van der Waals surface area (Å²) in [5.74, 6) is 0.922. The third kappa shape index (κ3) is 2.99. The van der Waals surface area contributed by atoms with E-state index in [-0.39, 0.29) is 11.9 Å². The van der Waals surface area contributed by atoms with Crippen molar-refractivity contribution in [2.75, 3.05) is 6.61 Å². The first-order valence-corrected chi connectivity index (χ1v) is 6.83. The molecule has 3 heteroatoms. The number of rotatable bonds is 4. The third-order valence-corrected chi connectivity index (χ3v) is 3.91. The van der Waals surface area contributed by atoms with Crippen LogP contribution in [0.5, 0.6) is 0 Å². The number of thioether (sulfide) groups is 1. The van der Waals surface area contributed by atoms with Gasteiger partial charge < -0.3 is 5.11 Å². The summed E-state index contributed by atoms with van der Waals surface area (Å²) in [6, 6.07) is 10.4. The zero-order chi connectivity index (χ0) is 12.3. The molecule has 0 aliphatic rings. The summed E-state index contributed by atoms with van der Waals surface area (Å²) in [5, 5.41) is 10.5. The van der Waals surface area contributed by atoms with Gasteiger partial charge in [0.15, 0.2) is 0 Å². The molecule has 1 aromatic heterocycles. The quantitative estimate of drug-likeness (QED) is 0.901. The van der Waals surface area contributed by atoms with Gasteiger partial charge in [-0.15, -0.1) is 0 Å². The number of hydrogen-bond acceptors (Lipinski definition) is 3. The number of hydrogen-bond donors (Lipinski definition) is 1. The van der Waals surface area contributed by atoms with Crippen molar-refractivity contribution in [1.82, 2.24) is 4.98 Å². The predicted molar refractivity (Wildman–Crippen MR) is 74.3 cm³/mol. The summed E-state index contributed by atoms with van der Waals surface area (Å²) in [4.78, 5) is 4.52. The molecule has 1 N–H and O–H groups in total. The topological polar surface area (TPSA) is 33.1 Å². The molecule has 0 saturated carbocycles. The van der Waals surface area contributed by atoms with Crippen molar-refractivity contribution in [3.8, 4) is 0 Å². The number of aliphatic hydroxyl groups is 1.